The first-order valence-corrected chi connectivity index (χ1v) is 12.9. The molecule has 0 unspecified atom stereocenters. The number of piperazine rings is 1. The largest absolute Gasteiger partial charge is 0.463 e. The van der Waals surface area contributed by atoms with Crippen LogP contribution in [0.1, 0.15) is 18.9 Å². The van der Waals surface area contributed by atoms with Crippen molar-refractivity contribution in [3.05, 3.63) is 60.2 Å². The minimum atomic E-state index is -4.09. The number of rotatable bonds is 4. The van der Waals surface area contributed by atoms with Gasteiger partial charge in [0.2, 0.25) is 5.91 Å². The van der Waals surface area contributed by atoms with Crippen molar-refractivity contribution in [3.8, 4) is 0 Å². The first kappa shape index (κ1) is 22.9. The normalized spacial score (nSPS) is 28.0. The number of alkyl halides is 1. The zero-order valence-corrected chi connectivity index (χ0v) is 20.8. The first-order chi connectivity index (χ1) is 16.1. The van der Waals surface area contributed by atoms with E-state index < -0.39 is 44.5 Å². The number of para-hydroxylation sites is 1. The molecule has 2 aromatic rings. The van der Waals surface area contributed by atoms with E-state index in [-0.39, 0.29) is 23.8 Å². The zero-order chi connectivity index (χ0) is 24.4. The van der Waals surface area contributed by atoms with Crippen molar-refractivity contribution >= 4 is 49.4 Å². The molecule has 0 spiro atoms. The first-order valence-electron chi connectivity index (χ1n) is 10.7. The Morgan fingerprint density at radius 2 is 1.74 bits per heavy atom. The van der Waals surface area contributed by atoms with Gasteiger partial charge in [0.15, 0.2) is 0 Å². The maximum Gasteiger partial charge on any atom is 0.302 e. The van der Waals surface area contributed by atoms with Crippen molar-refractivity contribution in [3.63, 3.8) is 0 Å². The molecule has 3 aliphatic heterocycles. The van der Waals surface area contributed by atoms with Gasteiger partial charge in [0.05, 0.1) is 14.9 Å². The fourth-order valence-corrected chi connectivity index (χ4v) is 8.02. The van der Waals surface area contributed by atoms with Crippen LogP contribution in [0.15, 0.2) is 59.5 Å². The summed E-state index contributed by atoms with van der Waals surface area (Å²) in [6.45, 7) is 0.916. The van der Waals surface area contributed by atoms with Gasteiger partial charge >= 0.3 is 5.97 Å². The van der Waals surface area contributed by atoms with E-state index in [4.69, 9.17) is 4.74 Å². The number of esters is 1. The highest BCUT2D eigenvalue weighted by molar-refractivity contribution is 9.09. The Morgan fingerprint density at radius 1 is 1.09 bits per heavy atom. The van der Waals surface area contributed by atoms with E-state index in [0.717, 1.165) is 0 Å². The smallest absolute Gasteiger partial charge is 0.302 e. The van der Waals surface area contributed by atoms with Crippen molar-refractivity contribution in [1.29, 1.82) is 0 Å². The molecule has 9 nitrogen and oxygen atoms in total. The van der Waals surface area contributed by atoms with Crippen LogP contribution in [0.4, 0.5) is 5.69 Å². The van der Waals surface area contributed by atoms with Gasteiger partial charge < -0.3 is 14.5 Å². The third kappa shape index (κ3) is 3.09. The van der Waals surface area contributed by atoms with Gasteiger partial charge in [0, 0.05) is 20.4 Å². The number of halogens is 1. The highest BCUT2D eigenvalue weighted by Gasteiger charge is 2.67. The van der Waals surface area contributed by atoms with Crippen LogP contribution in [0.2, 0.25) is 0 Å². The van der Waals surface area contributed by atoms with Crippen molar-refractivity contribution in [2.75, 3.05) is 18.0 Å². The number of fused-ring (bicyclic) bond motifs is 5. The lowest BCUT2D eigenvalue weighted by Crippen LogP contribution is -2.67. The van der Waals surface area contributed by atoms with Crippen molar-refractivity contribution in [1.82, 2.24) is 9.80 Å². The van der Waals surface area contributed by atoms with Crippen LogP contribution in [0.3, 0.4) is 0 Å². The Bertz CT molecular complexity index is 1300. The van der Waals surface area contributed by atoms with Gasteiger partial charge in [-0.25, -0.2) is 12.7 Å². The molecule has 5 rings (SSSR count). The lowest BCUT2D eigenvalue weighted by molar-refractivity contribution is -0.164. The van der Waals surface area contributed by atoms with E-state index in [1.165, 1.54) is 40.2 Å². The number of sulfonamides is 1. The lowest BCUT2D eigenvalue weighted by atomic mass is 9.95. The highest BCUT2D eigenvalue weighted by atomic mass is 79.9. The fraction of sp³-hybridized carbons (Fsp3) is 0.348. The quantitative estimate of drug-likeness (QED) is 0.427. The van der Waals surface area contributed by atoms with Gasteiger partial charge in [-0.1, -0.05) is 52.3 Å². The molecule has 2 aromatic carbocycles. The predicted molar refractivity (Wildman–Crippen MR) is 125 cm³/mol. The third-order valence-electron chi connectivity index (χ3n) is 6.69. The van der Waals surface area contributed by atoms with Crippen LogP contribution < -0.4 is 4.31 Å². The molecule has 2 fully saturated rings. The molecule has 3 heterocycles. The van der Waals surface area contributed by atoms with Gasteiger partial charge in [-0.15, -0.1) is 0 Å². The van der Waals surface area contributed by atoms with Gasteiger partial charge in [0.25, 0.3) is 15.9 Å². The van der Waals surface area contributed by atoms with Gasteiger partial charge in [0.1, 0.15) is 24.9 Å². The van der Waals surface area contributed by atoms with Gasteiger partial charge in [-0.2, -0.15) is 0 Å². The van der Waals surface area contributed by atoms with E-state index in [1.807, 2.05) is 6.07 Å². The SMILES string of the molecule is CC(=O)OC[C@H]1C(=O)N2[C@@H](C[C@]3(Br)c4ccccc4N(S(=O)(=O)c4ccccc4)[C@H]23)C(=O)N1C. The van der Waals surface area contributed by atoms with Crippen LogP contribution >= 0.6 is 15.9 Å². The molecule has 0 N–H and O–H groups in total. The molecule has 0 bridgehead atoms. The number of anilines is 1. The van der Waals surface area contributed by atoms with Gasteiger partial charge in [-0.05, 0) is 23.8 Å². The molecule has 0 radical (unpaired) electrons. The summed E-state index contributed by atoms with van der Waals surface area (Å²) in [5, 5.41) is 0. The predicted octanol–water partition coefficient (Wildman–Crippen LogP) is 1.82. The van der Waals surface area contributed by atoms with E-state index >= 15 is 0 Å². The summed E-state index contributed by atoms with van der Waals surface area (Å²) < 4.78 is 33.1. The third-order valence-corrected chi connectivity index (χ3v) is 9.64. The summed E-state index contributed by atoms with van der Waals surface area (Å²) in [5.74, 6) is -1.38. The molecule has 0 aromatic heterocycles. The second kappa shape index (κ2) is 7.81. The average Bonchev–Trinajstić information content (AvgIpc) is 3.25. The molecule has 2 saturated heterocycles. The topological polar surface area (TPSA) is 104 Å². The Hall–Kier alpha value is -2.92. The van der Waals surface area contributed by atoms with Gasteiger partial charge in [-0.3, -0.25) is 14.4 Å². The summed E-state index contributed by atoms with van der Waals surface area (Å²) in [6.07, 6.45) is -0.810. The minimum Gasteiger partial charge on any atom is -0.463 e. The molecule has 3 aliphatic rings. The monoisotopic (exact) mass is 547 g/mol. The molecule has 178 valence electrons. The molecular formula is C23H22BrN3O6S. The fourth-order valence-electron chi connectivity index (χ4n) is 5.13. The lowest BCUT2D eigenvalue weighted by Gasteiger charge is -2.44. The Labute approximate surface area is 205 Å². The molecular weight excluding hydrogens is 526 g/mol. The molecule has 0 aliphatic carbocycles. The number of hydrogen-bond donors (Lipinski definition) is 0. The Kier molecular flexibility index (Phi) is 5.25. The van der Waals surface area contributed by atoms with Crippen LogP contribution in [-0.2, 0) is 33.5 Å². The molecule has 2 amide bonds. The number of hydrogen-bond acceptors (Lipinski definition) is 6. The average molecular weight is 548 g/mol. The summed E-state index contributed by atoms with van der Waals surface area (Å²) in [7, 11) is -2.60. The van der Waals surface area contributed by atoms with Crippen LogP contribution in [0, 0.1) is 0 Å². The number of amides is 2. The van der Waals surface area contributed by atoms with E-state index in [1.54, 1.807) is 36.4 Å². The number of benzene rings is 2. The number of ether oxygens (including phenoxy) is 1. The van der Waals surface area contributed by atoms with Crippen LogP contribution in [0.25, 0.3) is 0 Å². The van der Waals surface area contributed by atoms with E-state index in [2.05, 4.69) is 15.9 Å². The number of carbonyl (C=O) groups excluding carboxylic acids is 3. The summed E-state index contributed by atoms with van der Waals surface area (Å²) >= 11 is 3.77. The van der Waals surface area contributed by atoms with E-state index in [9.17, 15) is 22.8 Å². The second-order valence-electron chi connectivity index (χ2n) is 8.60. The molecule has 34 heavy (non-hydrogen) atoms. The molecule has 4 atom stereocenters. The summed E-state index contributed by atoms with van der Waals surface area (Å²) in [5.41, 5.74) is 1.14. The molecule has 11 heteroatoms. The van der Waals surface area contributed by atoms with E-state index in [0.29, 0.717) is 11.3 Å². The Balaban J connectivity index is 1.66. The number of likely N-dealkylation sites (N-methyl/N-ethyl adjacent to an activating group) is 1. The standard InChI is InChI=1S/C23H22BrN3O6S/c1-14(28)33-13-19-21(30)26-18(20(29)25(19)2)12-23(24)16-10-6-7-11-17(16)27(22(23)26)34(31,32)15-8-4-3-5-9-15/h3-11,18-19,22H,12-13H2,1-2H3/t18-,19-,22-,23-/m0/s1. The number of nitrogens with zero attached hydrogens (tertiary/aromatic N) is 3. The number of carbonyl (C=O) groups is 3. The maximum atomic E-state index is 13.9. The zero-order valence-electron chi connectivity index (χ0n) is 18.4. The summed E-state index contributed by atoms with van der Waals surface area (Å²) in [4.78, 5) is 41.1. The maximum absolute atomic E-state index is 13.9. The summed E-state index contributed by atoms with van der Waals surface area (Å²) in [6, 6.07) is 13.1. The van der Waals surface area contributed by atoms with Crippen molar-refractivity contribution in [2.45, 2.75) is 40.8 Å². The van der Waals surface area contributed by atoms with Crippen molar-refractivity contribution < 1.29 is 27.5 Å². The molecule has 0 saturated carbocycles. The Morgan fingerprint density at radius 3 is 2.41 bits per heavy atom. The van der Waals surface area contributed by atoms with Crippen LogP contribution in [0.5, 0.6) is 0 Å². The second-order valence-corrected chi connectivity index (χ2v) is 11.8. The minimum absolute atomic E-state index is 0.0781. The van der Waals surface area contributed by atoms with Crippen molar-refractivity contribution in [2.24, 2.45) is 0 Å². The van der Waals surface area contributed by atoms with Crippen LogP contribution in [-0.4, -0.2) is 67.9 Å². The highest BCUT2D eigenvalue weighted by Crippen LogP contribution is 2.59.